The number of benzene rings is 3. The number of carbonyl (C=O) groups excluding carboxylic acids is 2. The van der Waals surface area contributed by atoms with Gasteiger partial charge < -0.3 is 10.2 Å². The molecule has 0 aliphatic carbocycles. The third kappa shape index (κ3) is 7.93. The van der Waals surface area contributed by atoms with E-state index in [-0.39, 0.29) is 17.3 Å². The summed E-state index contributed by atoms with van der Waals surface area (Å²) in [5.74, 6) is -0.747. The van der Waals surface area contributed by atoms with Crippen molar-refractivity contribution in [2.75, 3.05) is 10.8 Å². The van der Waals surface area contributed by atoms with Crippen LogP contribution in [0, 0.1) is 13.8 Å². The van der Waals surface area contributed by atoms with E-state index in [0.29, 0.717) is 12.1 Å². The Kier molecular flexibility index (Phi) is 9.56. The SMILES string of the molecule is CCC(C(=O)NC(C)(C)C)N(Cc1ccccc1)C(=O)CN(c1ccc(C)cc1)S(=O)(=O)c1ccc(C)cc1. The highest BCUT2D eigenvalue weighted by atomic mass is 32.2. The molecule has 0 aromatic heterocycles. The number of amides is 2. The van der Waals surface area contributed by atoms with Crippen LogP contribution in [-0.4, -0.2) is 43.3 Å². The van der Waals surface area contributed by atoms with E-state index in [1.54, 1.807) is 36.4 Å². The first-order valence-corrected chi connectivity index (χ1v) is 14.6. The molecule has 0 saturated carbocycles. The molecule has 3 rings (SSSR count). The molecule has 208 valence electrons. The van der Waals surface area contributed by atoms with Crippen molar-refractivity contribution in [3.63, 3.8) is 0 Å². The smallest absolute Gasteiger partial charge is 0.264 e. The van der Waals surface area contributed by atoms with Crippen LogP contribution in [0.5, 0.6) is 0 Å². The molecule has 0 saturated heterocycles. The Bertz CT molecular complexity index is 1360. The van der Waals surface area contributed by atoms with Gasteiger partial charge in [-0.15, -0.1) is 0 Å². The summed E-state index contributed by atoms with van der Waals surface area (Å²) in [6, 6.07) is 22.2. The first-order chi connectivity index (χ1) is 18.3. The van der Waals surface area contributed by atoms with E-state index in [9.17, 15) is 18.0 Å². The highest BCUT2D eigenvalue weighted by molar-refractivity contribution is 7.92. The topological polar surface area (TPSA) is 86.8 Å². The van der Waals surface area contributed by atoms with Gasteiger partial charge in [0.1, 0.15) is 12.6 Å². The maximum atomic E-state index is 14.0. The predicted molar refractivity (Wildman–Crippen MR) is 156 cm³/mol. The van der Waals surface area contributed by atoms with Crippen LogP contribution < -0.4 is 9.62 Å². The summed E-state index contributed by atoms with van der Waals surface area (Å²) in [7, 11) is -4.08. The standard InChI is InChI=1S/C31H39N3O4S/c1-7-28(30(36)32-31(4,5)6)33(21-25-11-9-8-10-12-25)29(35)22-34(26-17-13-23(2)14-18-26)39(37,38)27-19-15-24(3)16-20-27/h8-20,28H,7,21-22H2,1-6H3,(H,32,36). The highest BCUT2D eigenvalue weighted by Crippen LogP contribution is 2.25. The van der Waals surface area contributed by atoms with Gasteiger partial charge in [-0.25, -0.2) is 8.42 Å². The second-order valence-electron chi connectivity index (χ2n) is 10.8. The first kappa shape index (κ1) is 29.9. The van der Waals surface area contributed by atoms with Gasteiger partial charge >= 0.3 is 0 Å². The second-order valence-corrected chi connectivity index (χ2v) is 12.7. The minimum atomic E-state index is -4.08. The zero-order valence-corrected chi connectivity index (χ0v) is 24.5. The molecular formula is C31H39N3O4S. The highest BCUT2D eigenvalue weighted by Gasteiger charge is 2.34. The monoisotopic (exact) mass is 549 g/mol. The third-order valence-electron chi connectivity index (χ3n) is 6.29. The molecule has 0 aliphatic rings. The molecule has 8 heteroatoms. The van der Waals surface area contributed by atoms with Gasteiger partial charge in [-0.05, 0) is 70.9 Å². The summed E-state index contributed by atoms with van der Waals surface area (Å²) in [4.78, 5) is 29.0. The van der Waals surface area contributed by atoms with E-state index < -0.39 is 34.1 Å². The normalized spacial score (nSPS) is 12.5. The van der Waals surface area contributed by atoms with E-state index in [0.717, 1.165) is 21.0 Å². The largest absolute Gasteiger partial charge is 0.350 e. The lowest BCUT2D eigenvalue weighted by atomic mass is 10.1. The molecule has 2 amide bonds. The molecule has 1 unspecified atom stereocenters. The van der Waals surface area contributed by atoms with Crippen molar-refractivity contribution in [2.24, 2.45) is 0 Å². The summed E-state index contributed by atoms with van der Waals surface area (Å²) >= 11 is 0. The molecule has 3 aromatic rings. The van der Waals surface area contributed by atoms with E-state index >= 15 is 0 Å². The van der Waals surface area contributed by atoms with Gasteiger partial charge in [-0.1, -0.05) is 72.6 Å². The van der Waals surface area contributed by atoms with Crippen molar-refractivity contribution in [2.45, 2.75) is 71.0 Å². The van der Waals surface area contributed by atoms with Crippen molar-refractivity contribution in [3.05, 3.63) is 95.6 Å². The number of nitrogens with zero attached hydrogens (tertiary/aromatic N) is 2. The summed E-state index contributed by atoms with van der Waals surface area (Å²) in [6.45, 7) is 11.0. The predicted octanol–water partition coefficient (Wildman–Crippen LogP) is 5.22. The van der Waals surface area contributed by atoms with Gasteiger partial charge in [0.05, 0.1) is 10.6 Å². The first-order valence-electron chi connectivity index (χ1n) is 13.1. The zero-order chi connectivity index (χ0) is 28.8. The fourth-order valence-corrected chi connectivity index (χ4v) is 5.64. The number of aryl methyl sites for hydroxylation is 2. The quantitative estimate of drug-likeness (QED) is 0.376. The van der Waals surface area contributed by atoms with Crippen LogP contribution >= 0.6 is 0 Å². The number of hydrogen-bond acceptors (Lipinski definition) is 4. The van der Waals surface area contributed by atoms with E-state index in [2.05, 4.69) is 5.32 Å². The molecule has 3 aromatic carbocycles. The summed E-state index contributed by atoms with van der Waals surface area (Å²) < 4.78 is 28.9. The van der Waals surface area contributed by atoms with E-state index in [1.165, 1.54) is 4.90 Å². The summed E-state index contributed by atoms with van der Waals surface area (Å²) in [6.07, 6.45) is 0.371. The minimum absolute atomic E-state index is 0.0913. The van der Waals surface area contributed by atoms with Crippen molar-refractivity contribution in [3.8, 4) is 0 Å². The third-order valence-corrected chi connectivity index (χ3v) is 8.08. The van der Waals surface area contributed by atoms with Crippen molar-refractivity contribution < 1.29 is 18.0 Å². The molecule has 1 N–H and O–H groups in total. The van der Waals surface area contributed by atoms with Crippen LogP contribution in [0.1, 0.15) is 50.8 Å². The number of sulfonamides is 1. The van der Waals surface area contributed by atoms with Crippen LogP contribution in [0.4, 0.5) is 5.69 Å². The van der Waals surface area contributed by atoms with Crippen molar-refractivity contribution in [1.29, 1.82) is 0 Å². The zero-order valence-electron chi connectivity index (χ0n) is 23.6. The molecule has 1 atom stereocenters. The Labute approximate surface area is 232 Å². The summed E-state index contributed by atoms with van der Waals surface area (Å²) in [5.41, 5.74) is 2.62. The van der Waals surface area contributed by atoms with Gasteiger partial charge in [-0.3, -0.25) is 13.9 Å². The molecule has 0 aliphatic heterocycles. The van der Waals surface area contributed by atoms with Crippen molar-refractivity contribution >= 4 is 27.5 Å². The number of nitrogens with one attached hydrogen (secondary N) is 1. The second kappa shape index (κ2) is 12.5. The maximum absolute atomic E-state index is 14.0. The molecule has 39 heavy (non-hydrogen) atoms. The Morgan fingerprint density at radius 3 is 1.90 bits per heavy atom. The van der Waals surface area contributed by atoms with Crippen LogP contribution in [0.25, 0.3) is 0 Å². The van der Waals surface area contributed by atoms with Crippen molar-refractivity contribution in [1.82, 2.24) is 10.2 Å². The Morgan fingerprint density at radius 1 is 0.846 bits per heavy atom. The molecular weight excluding hydrogens is 510 g/mol. The Hall–Kier alpha value is -3.65. The minimum Gasteiger partial charge on any atom is -0.350 e. The van der Waals surface area contributed by atoms with E-state index in [1.807, 2.05) is 84.0 Å². The molecule has 0 bridgehead atoms. The van der Waals surface area contributed by atoms with Crippen LogP contribution in [0.3, 0.4) is 0 Å². The molecule has 0 spiro atoms. The van der Waals surface area contributed by atoms with Gasteiger partial charge in [0, 0.05) is 12.1 Å². The molecule has 0 heterocycles. The Balaban J connectivity index is 2.05. The Morgan fingerprint density at radius 2 is 1.38 bits per heavy atom. The molecule has 0 fully saturated rings. The van der Waals surface area contributed by atoms with Gasteiger partial charge in [-0.2, -0.15) is 0 Å². The summed E-state index contributed by atoms with van der Waals surface area (Å²) in [5, 5.41) is 2.98. The van der Waals surface area contributed by atoms with Crippen LogP contribution in [0.2, 0.25) is 0 Å². The van der Waals surface area contributed by atoms with Gasteiger partial charge in [0.15, 0.2) is 0 Å². The van der Waals surface area contributed by atoms with Crippen LogP contribution in [-0.2, 0) is 26.2 Å². The lowest BCUT2D eigenvalue weighted by Gasteiger charge is -2.34. The fourth-order valence-electron chi connectivity index (χ4n) is 4.23. The number of carbonyl (C=O) groups is 2. The lowest BCUT2D eigenvalue weighted by molar-refractivity contribution is -0.141. The van der Waals surface area contributed by atoms with Gasteiger partial charge in [0.2, 0.25) is 11.8 Å². The lowest BCUT2D eigenvalue weighted by Crippen LogP contribution is -2.55. The molecule has 7 nitrogen and oxygen atoms in total. The average molecular weight is 550 g/mol. The number of anilines is 1. The fraction of sp³-hybridized carbons (Fsp3) is 0.355. The maximum Gasteiger partial charge on any atom is 0.264 e. The number of hydrogen-bond donors (Lipinski definition) is 1. The van der Waals surface area contributed by atoms with Gasteiger partial charge in [0.25, 0.3) is 10.0 Å². The average Bonchev–Trinajstić information content (AvgIpc) is 2.87. The van der Waals surface area contributed by atoms with Crippen LogP contribution in [0.15, 0.2) is 83.8 Å². The molecule has 0 radical (unpaired) electrons. The van der Waals surface area contributed by atoms with E-state index in [4.69, 9.17) is 0 Å². The number of rotatable bonds is 10.